The second kappa shape index (κ2) is 5.82. The van der Waals surface area contributed by atoms with Crippen LogP contribution in [0.15, 0.2) is 0 Å². The lowest BCUT2D eigenvalue weighted by molar-refractivity contribution is -0.0767. The Kier molecular flexibility index (Phi) is 4.34. The molecule has 1 N–H and O–H groups in total. The van der Waals surface area contributed by atoms with E-state index in [-0.39, 0.29) is 11.6 Å². The van der Waals surface area contributed by atoms with Crippen LogP contribution in [0.4, 0.5) is 10.2 Å². The first-order valence-corrected chi connectivity index (χ1v) is 6.99. The third-order valence-electron chi connectivity index (χ3n) is 3.74. The highest BCUT2D eigenvalue weighted by atomic mass is 19.1. The molecule has 5 heteroatoms. The van der Waals surface area contributed by atoms with Crippen molar-refractivity contribution in [3.05, 3.63) is 17.3 Å². The molecule has 0 spiro atoms. The monoisotopic (exact) mass is 267 g/mol. The summed E-state index contributed by atoms with van der Waals surface area (Å²) in [6.45, 7) is 4.27. The van der Waals surface area contributed by atoms with Crippen LogP contribution in [0.3, 0.4) is 0 Å². The SMILES string of the molecule is CCOC1(c2nc(C)c(F)c(NC)n2)CCCCC1. The average molecular weight is 267 g/mol. The maximum atomic E-state index is 13.8. The molecule has 0 bridgehead atoms. The van der Waals surface area contributed by atoms with Gasteiger partial charge in [0.25, 0.3) is 0 Å². The molecular weight excluding hydrogens is 245 g/mol. The number of halogens is 1. The lowest BCUT2D eigenvalue weighted by Gasteiger charge is -2.35. The molecule has 0 radical (unpaired) electrons. The van der Waals surface area contributed by atoms with E-state index >= 15 is 0 Å². The van der Waals surface area contributed by atoms with Crippen molar-refractivity contribution in [2.24, 2.45) is 0 Å². The summed E-state index contributed by atoms with van der Waals surface area (Å²) < 4.78 is 19.8. The topological polar surface area (TPSA) is 47.0 Å². The molecule has 1 saturated carbocycles. The molecular formula is C14H22FN3O. The number of anilines is 1. The number of nitrogens with one attached hydrogen (secondary N) is 1. The van der Waals surface area contributed by atoms with Crippen molar-refractivity contribution in [1.82, 2.24) is 9.97 Å². The molecule has 0 unspecified atom stereocenters. The highest BCUT2D eigenvalue weighted by molar-refractivity contribution is 5.38. The standard InChI is InChI=1S/C14H22FN3O/c1-4-19-14(8-6-5-7-9-14)13-17-10(2)11(15)12(16-3)18-13/h4-9H2,1-3H3,(H,16,17,18). The largest absolute Gasteiger partial charge is 0.371 e. The highest BCUT2D eigenvalue weighted by Gasteiger charge is 2.38. The Bertz CT molecular complexity index is 439. The number of aryl methyl sites for hydroxylation is 1. The maximum absolute atomic E-state index is 13.8. The number of aromatic nitrogens is 2. The van der Waals surface area contributed by atoms with Crippen molar-refractivity contribution < 1.29 is 9.13 Å². The fourth-order valence-electron chi connectivity index (χ4n) is 2.76. The molecule has 106 valence electrons. The normalized spacial score (nSPS) is 18.3. The zero-order chi connectivity index (χ0) is 13.9. The zero-order valence-corrected chi connectivity index (χ0v) is 11.9. The molecule has 2 rings (SSSR count). The molecule has 0 aliphatic heterocycles. The first kappa shape index (κ1) is 14.2. The molecule has 0 saturated heterocycles. The number of nitrogens with zero attached hydrogens (tertiary/aromatic N) is 2. The molecule has 1 aromatic rings. The Morgan fingerprint density at radius 2 is 1.95 bits per heavy atom. The molecule has 1 aliphatic rings. The highest BCUT2D eigenvalue weighted by Crippen LogP contribution is 2.39. The minimum Gasteiger partial charge on any atom is -0.371 e. The van der Waals surface area contributed by atoms with Crippen molar-refractivity contribution in [2.75, 3.05) is 19.0 Å². The molecule has 1 aromatic heterocycles. The minimum atomic E-state index is -0.433. The van der Waals surface area contributed by atoms with Gasteiger partial charge < -0.3 is 10.1 Å². The third-order valence-corrected chi connectivity index (χ3v) is 3.74. The van der Waals surface area contributed by atoms with Gasteiger partial charge in [0, 0.05) is 13.7 Å². The number of hydrogen-bond acceptors (Lipinski definition) is 4. The van der Waals surface area contributed by atoms with Crippen LogP contribution in [0.1, 0.15) is 50.5 Å². The summed E-state index contributed by atoms with van der Waals surface area (Å²) in [6.07, 6.45) is 5.25. The fourth-order valence-corrected chi connectivity index (χ4v) is 2.76. The van der Waals surface area contributed by atoms with Gasteiger partial charge in [0.05, 0.1) is 5.69 Å². The molecule has 1 aliphatic carbocycles. The average Bonchev–Trinajstić information content (AvgIpc) is 2.43. The van der Waals surface area contributed by atoms with Gasteiger partial charge in [-0.25, -0.2) is 14.4 Å². The fraction of sp³-hybridized carbons (Fsp3) is 0.714. The summed E-state index contributed by atoms with van der Waals surface area (Å²) in [6, 6.07) is 0. The van der Waals surface area contributed by atoms with Crippen LogP contribution in [0.5, 0.6) is 0 Å². The van der Waals surface area contributed by atoms with Crippen molar-refractivity contribution in [2.45, 2.75) is 51.6 Å². The maximum Gasteiger partial charge on any atom is 0.186 e. The molecule has 0 aromatic carbocycles. The molecule has 0 amide bonds. The van der Waals surface area contributed by atoms with Crippen LogP contribution in [0, 0.1) is 12.7 Å². The van der Waals surface area contributed by atoms with E-state index in [1.165, 1.54) is 6.42 Å². The van der Waals surface area contributed by atoms with Crippen LogP contribution >= 0.6 is 0 Å². The van der Waals surface area contributed by atoms with Gasteiger partial charge in [-0.05, 0) is 26.7 Å². The molecule has 0 atom stereocenters. The predicted octanol–water partition coefficient (Wildman–Crippen LogP) is 3.16. The number of ether oxygens (including phenoxy) is 1. The number of rotatable bonds is 4. The predicted molar refractivity (Wildman–Crippen MR) is 72.7 cm³/mol. The van der Waals surface area contributed by atoms with Crippen LogP contribution in [-0.4, -0.2) is 23.6 Å². The van der Waals surface area contributed by atoms with Gasteiger partial charge in [-0.15, -0.1) is 0 Å². The van der Waals surface area contributed by atoms with E-state index in [0.29, 0.717) is 18.1 Å². The van der Waals surface area contributed by atoms with E-state index in [2.05, 4.69) is 15.3 Å². The molecule has 19 heavy (non-hydrogen) atoms. The Hall–Kier alpha value is -1.23. The Morgan fingerprint density at radius 3 is 2.53 bits per heavy atom. The van der Waals surface area contributed by atoms with Crippen molar-refractivity contribution in [3.8, 4) is 0 Å². The van der Waals surface area contributed by atoms with E-state index in [1.54, 1.807) is 14.0 Å². The minimum absolute atomic E-state index is 0.257. The van der Waals surface area contributed by atoms with Crippen LogP contribution in [0.25, 0.3) is 0 Å². The van der Waals surface area contributed by atoms with E-state index in [9.17, 15) is 4.39 Å². The lowest BCUT2D eigenvalue weighted by Crippen LogP contribution is -2.35. The van der Waals surface area contributed by atoms with E-state index in [4.69, 9.17) is 4.74 Å². The second-order valence-electron chi connectivity index (χ2n) is 5.03. The quantitative estimate of drug-likeness (QED) is 0.910. The molecule has 1 heterocycles. The van der Waals surface area contributed by atoms with Crippen molar-refractivity contribution in [1.29, 1.82) is 0 Å². The summed E-state index contributed by atoms with van der Waals surface area (Å²) in [7, 11) is 1.67. The first-order valence-electron chi connectivity index (χ1n) is 6.99. The first-order chi connectivity index (χ1) is 9.13. The summed E-state index contributed by atoms with van der Waals surface area (Å²) in [5.41, 5.74) is -0.0594. The Labute approximate surface area is 113 Å². The third kappa shape index (κ3) is 2.71. The second-order valence-corrected chi connectivity index (χ2v) is 5.03. The van der Waals surface area contributed by atoms with Gasteiger partial charge in [-0.3, -0.25) is 0 Å². The van der Waals surface area contributed by atoms with E-state index in [1.807, 2.05) is 6.92 Å². The molecule has 1 fully saturated rings. The lowest BCUT2D eigenvalue weighted by atomic mass is 9.83. The smallest absolute Gasteiger partial charge is 0.186 e. The zero-order valence-electron chi connectivity index (χ0n) is 11.9. The van der Waals surface area contributed by atoms with Gasteiger partial charge in [-0.2, -0.15) is 0 Å². The molecule has 4 nitrogen and oxygen atoms in total. The summed E-state index contributed by atoms with van der Waals surface area (Å²) in [5.74, 6) is 0.498. The van der Waals surface area contributed by atoms with Crippen LogP contribution in [0.2, 0.25) is 0 Å². The summed E-state index contributed by atoms with van der Waals surface area (Å²) >= 11 is 0. The van der Waals surface area contributed by atoms with Gasteiger partial charge in [0.1, 0.15) is 5.60 Å². The van der Waals surface area contributed by atoms with E-state index < -0.39 is 5.60 Å². The summed E-state index contributed by atoms with van der Waals surface area (Å²) in [4.78, 5) is 8.69. The number of hydrogen-bond donors (Lipinski definition) is 1. The van der Waals surface area contributed by atoms with Crippen LogP contribution < -0.4 is 5.32 Å². The van der Waals surface area contributed by atoms with Gasteiger partial charge in [0.2, 0.25) is 0 Å². The van der Waals surface area contributed by atoms with Crippen LogP contribution in [-0.2, 0) is 10.3 Å². The van der Waals surface area contributed by atoms with E-state index in [0.717, 1.165) is 25.7 Å². The van der Waals surface area contributed by atoms with Crippen molar-refractivity contribution in [3.63, 3.8) is 0 Å². The summed E-state index contributed by atoms with van der Waals surface area (Å²) in [5, 5.41) is 2.79. The Balaban J connectivity index is 2.44. The van der Waals surface area contributed by atoms with Gasteiger partial charge >= 0.3 is 0 Å². The Morgan fingerprint density at radius 1 is 1.26 bits per heavy atom. The van der Waals surface area contributed by atoms with Gasteiger partial charge in [0.15, 0.2) is 17.5 Å². The van der Waals surface area contributed by atoms with Gasteiger partial charge in [-0.1, -0.05) is 19.3 Å². The van der Waals surface area contributed by atoms with Crippen molar-refractivity contribution >= 4 is 5.82 Å².